The summed E-state index contributed by atoms with van der Waals surface area (Å²) < 4.78 is 0. The summed E-state index contributed by atoms with van der Waals surface area (Å²) >= 11 is 0. The van der Waals surface area contributed by atoms with Crippen LogP contribution in [0.15, 0.2) is 48.7 Å². The lowest BCUT2D eigenvalue weighted by Gasteiger charge is -2.21. The Morgan fingerprint density at radius 1 is 1.06 bits per heavy atom. The molecule has 2 aromatic rings. The lowest BCUT2D eigenvalue weighted by molar-refractivity contribution is 0.855. The van der Waals surface area contributed by atoms with Gasteiger partial charge in [0, 0.05) is 11.9 Å². The van der Waals surface area contributed by atoms with E-state index in [0.717, 1.165) is 11.4 Å². The van der Waals surface area contributed by atoms with Crippen LogP contribution in [0.3, 0.4) is 0 Å². The van der Waals surface area contributed by atoms with Gasteiger partial charge in [-0.3, -0.25) is 0 Å². The van der Waals surface area contributed by atoms with E-state index in [9.17, 15) is 0 Å². The fourth-order valence-electron chi connectivity index (χ4n) is 1.84. The molecule has 1 aliphatic heterocycles. The van der Waals surface area contributed by atoms with Crippen molar-refractivity contribution in [3.05, 3.63) is 59.9 Å². The zero-order chi connectivity index (χ0) is 10.8. The monoisotopic (exact) mass is 209 g/mol. The number of hydrogen-bond acceptors (Lipinski definition) is 3. The van der Waals surface area contributed by atoms with Crippen LogP contribution in [0.2, 0.25) is 0 Å². The van der Waals surface area contributed by atoms with E-state index in [1.165, 1.54) is 5.56 Å². The molecule has 0 amide bonds. The van der Waals surface area contributed by atoms with Gasteiger partial charge in [0.05, 0.1) is 11.7 Å². The quantitative estimate of drug-likeness (QED) is 0.784. The number of rotatable bonds is 1. The van der Waals surface area contributed by atoms with Gasteiger partial charge in [0.25, 0.3) is 0 Å². The number of anilines is 1. The van der Waals surface area contributed by atoms with Crippen molar-refractivity contribution in [3.63, 3.8) is 0 Å². The van der Waals surface area contributed by atoms with Gasteiger partial charge in [0.2, 0.25) is 0 Å². The van der Waals surface area contributed by atoms with Crippen molar-refractivity contribution in [2.45, 2.75) is 6.04 Å². The highest BCUT2D eigenvalue weighted by atomic mass is 15.1. The fraction of sp³-hybridized carbons (Fsp3) is 0.0769. The van der Waals surface area contributed by atoms with Crippen LogP contribution < -0.4 is 5.32 Å². The molecule has 1 aliphatic rings. The number of aromatic nitrogens is 2. The average Bonchev–Trinajstić information content (AvgIpc) is 2.39. The van der Waals surface area contributed by atoms with Crippen LogP contribution in [0, 0.1) is 0 Å². The van der Waals surface area contributed by atoms with Gasteiger partial charge in [-0.05, 0) is 23.8 Å². The second-order valence-electron chi connectivity index (χ2n) is 3.72. The van der Waals surface area contributed by atoms with E-state index in [1.807, 2.05) is 24.3 Å². The fourth-order valence-corrected chi connectivity index (χ4v) is 1.84. The maximum absolute atomic E-state index is 4.11. The Balaban J connectivity index is 1.95. The average molecular weight is 209 g/mol. The summed E-state index contributed by atoms with van der Waals surface area (Å²) in [6, 6.07) is 12.2. The zero-order valence-corrected chi connectivity index (χ0v) is 8.67. The maximum Gasteiger partial charge on any atom is 0.0893 e. The Labute approximate surface area is 93.8 Å². The van der Waals surface area contributed by atoms with E-state index in [4.69, 9.17) is 0 Å². The topological polar surface area (TPSA) is 37.8 Å². The van der Waals surface area contributed by atoms with Gasteiger partial charge >= 0.3 is 0 Å². The lowest BCUT2D eigenvalue weighted by atomic mass is 10.0. The number of benzene rings is 1. The molecule has 0 saturated heterocycles. The van der Waals surface area contributed by atoms with Crippen molar-refractivity contribution in [1.29, 1.82) is 0 Å². The van der Waals surface area contributed by atoms with E-state index >= 15 is 0 Å². The number of hydrogen-bond donors (Lipinski definition) is 1. The Bertz CT molecular complexity index is 520. The van der Waals surface area contributed by atoms with E-state index in [0.29, 0.717) is 0 Å². The third kappa shape index (κ3) is 1.56. The first-order valence-corrected chi connectivity index (χ1v) is 5.25. The van der Waals surface area contributed by atoms with E-state index in [2.05, 4.69) is 39.8 Å². The molecule has 1 atom stereocenters. The van der Waals surface area contributed by atoms with Crippen molar-refractivity contribution in [2.75, 3.05) is 5.32 Å². The third-order valence-electron chi connectivity index (χ3n) is 2.65. The lowest BCUT2D eigenvalue weighted by Crippen LogP contribution is -2.13. The van der Waals surface area contributed by atoms with Crippen LogP contribution in [0.4, 0.5) is 5.69 Å². The van der Waals surface area contributed by atoms with Crippen LogP contribution in [-0.4, -0.2) is 10.2 Å². The number of nitrogens with zero attached hydrogens (tertiary/aromatic N) is 2. The summed E-state index contributed by atoms with van der Waals surface area (Å²) in [4.78, 5) is 0. The van der Waals surface area contributed by atoms with Gasteiger partial charge in [-0.15, -0.1) is 0 Å². The molecule has 3 rings (SSSR count). The van der Waals surface area contributed by atoms with Gasteiger partial charge in [-0.2, -0.15) is 10.2 Å². The molecule has 1 N–H and O–H groups in total. The van der Waals surface area contributed by atoms with Crippen LogP contribution >= 0.6 is 0 Å². The minimum absolute atomic E-state index is 0.114. The summed E-state index contributed by atoms with van der Waals surface area (Å²) in [5, 5.41) is 11.4. The van der Waals surface area contributed by atoms with Crippen LogP contribution in [0.5, 0.6) is 0 Å². The van der Waals surface area contributed by atoms with Crippen molar-refractivity contribution in [3.8, 4) is 0 Å². The Hall–Kier alpha value is -2.16. The first-order chi connectivity index (χ1) is 7.93. The van der Waals surface area contributed by atoms with Crippen molar-refractivity contribution in [1.82, 2.24) is 10.2 Å². The first kappa shape index (κ1) is 9.09. The number of para-hydroxylation sites is 1. The predicted molar refractivity (Wildman–Crippen MR) is 63.9 cm³/mol. The molecule has 0 fully saturated rings. The third-order valence-corrected chi connectivity index (χ3v) is 2.65. The second-order valence-corrected chi connectivity index (χ2v) is 3.72. The number of fused-ring (bicyclic) bond motifs is 1. The molecule has 1 aromatic heterocycles. The summed E-state index contributed by atoms with van der Waals surface area (Å²) in [5.74, 6) is 0. The van der Waals surface area contributed by atoms with E-state index < -0.39 is 0 Å². The Kier molecular flexibility index (Phi) is 2.14. The second kappa shape index (κ2) is 3.77. The molecule has 3 nitrogen and oxygen atoms in total. The number of nitrogens with one attached hydrogen (secondary N) is 1. The highest BCUT2D eigenvalue weighted by Gasteiger charge is 2.14. The summed E-state index contributed by atoms with van der Waals surface area (Å²) in [5.41, 5.74) is 3.29. The summed E-state index contributed by atoms with van der Waals surface area (Å²) in [6.07, 6.45) is 5.90. The molecule has 0 spiro atoms. The van der Waals surface area contributed by atoms with Crippen molar-refractivity contribution in [2.24, 2.45) is 0 Å². The molecule has 1 unspecified atom stereocenters. The van der Waals surface area contributed by atoms with Gasteiger partial charge in [-0.1, -0.05) is 30.4 Å². The molecule has 2 heterocycles. The van der Waals surface area contributed by atoms with Gasteiger partial charge in [-0.25, -0.2) is 0 Å². The molecular weight excluding hydrogens is 198 g/mol. The van der Waals surface area contributed by atoms with E-state index in [-0.39, 0.29) is 6.04 Å². The van der Waals surface area contributed by atoms with Crippen LogP contribution in [0.1, 0.15) is 17.3 Å². The summed E-state index contributed by atoms with van der Waals surface area (Å²) in [6.45, 7) is 0. The van der Waals surface area contributed by atoms with E-state index in [1.54, 1.807) is 6.20 Å². The smallest absolute Gasteiger partial charge is 0.0893 e. The van der Waals surface area contributed by atoms with Gasteiger partial charge in [0.15, 0.2) is 0 Å². The molecule has 0 radical (unpaired) electrons. The molecule has 78 valence electrons. The summed E-state index contributed by atoms with van der Waals surface area (Å²) in [7, 11) is 0. The Morgan fingerprint density at radius 3 is 2.88 bits per heavy atom. The van der Waals surface area contributed by atoms with Gasteiger partial charge < -0.3 is 5.32 Å². The largest absolute Gasteiger partial charge is 0.373 e. The highest BCUT2D eigenvalue weighted by Crippen LogP contribution is 2.28. The van der Waals surface area contributed by atoms with Gasteiger partial charge in [0.1, 0.15) is 0 Å². The predicted octanol–water partition coefficient (Wildman–Crippen LogP) is 2.66. The molecule has 0 saturated carbocycles. The maximum atomic E-state index is 4.11. The zero-order valence-electron chi connectivity index (χ0n) is 8.67. The Morgan fingerprint density at radius 2 is 2.00 bits per heavy atom. The normalized spacial score (nSPS) is 17.6. The standard InChI is InChI=1S/C13H11N3/c1-2-5-11-10(4-1)7-8-12(15-11)13-6-3-9-14-16-13/h1-9,12,15H. The molecular formula is C13H11N3. The first-order valence-electron chi connectivity index (χ1n) is 5.25. The highest BCUT2D eigenvalue weighted by molar-refractivity contribution is 5.71. The minimum atomic E-state index is 0.114. The minimum Gasteiger partial charge on any atom is -0.373 e. The SMILES string of the molecule is C1=CC(c2cccnn2)Nc2ccccc21. The molecule has 3 heteroatoms. The van der Waals surface area contributed by atoms with Crippen LogP contribution in [0.25, 0.3) is 6.08 Å². The molecule has 0 aliphatic carbocycles. The molecule has 1 aromatic carbocycles. The molecule has 16 heavy (non-hydrogen) atoms. The van der Waals surface area contributed by atoms with Crippen molar-refractivity contribution >= 4 is 11.8 Å². The van der Waals surface area contributed by atoms with Crippen molar-refractivity contribution < 1.29 is 0 Å². The molecule has 0 bridgehead atoms. The van der Waals surface area contributed by atoms with Crippen LogP contribution in [-0.2, 0) is 0 Å².